The van der Waals surface area contributed by atoms with Gasteiger partial charge in [-0.2, -0.15) is 0 Å². The van der Waals surface area contributed by atoms with E-state index in [1.54, 1.807) is 0 Å². The summed E-state index contributed by atoms with van der Waals surface area (Å²) in [4.78, 5) is 11.8. The fourth-order valence-corrected chi connectivity index (χ4v) is 2.86. The number of nitrogens with zero attached hydrogens (tertiary/aromatic N) is 1. The number of quaternary nitrogens is 1. The van der Waals surface area contributed by atoms with Gasteiger partial charge in [-0.25, -0.2) is 0 Å². The number of fused-ring (bicyclic) bond motifs is 2. The zero-order valence-corrected chi connectivity index (χ0v) is 8.05. The SMILES string of the molecule is C[N+]1(C)C[C@H]2CCCC[C@H]1C2=O. The molecule has 2 rings (SSSR count). The summed E-state index contributed by atoms with van der Waals surface area (Å²) < 4.78 is 0.948. The van der Waals surface area contributed by atoms with Gasteiger partial charge < -0.3 is 4.48 Å². The molecular weight excluding hydrogens is 150 g/mol. The Kier molecular flexibility index (Phi) is 1.76. The van der Waals surface area contributed by atoms with Crippen LogP contribution >= 0.6 is 0 Å². The molecule has 0 aromatic heterocycles. The number of ketones is 1. The van der Waals surface area contributed by atoms with E-state index in [9.17, 15) is 4.79 Å². The van der Waals surface area contributed by atoms with Gasteiger partial charge in [0.15, 0.2) is 5.78 Å². The summed E-state index contributed by atoms with van der Waals surface area (Å²) in [5.41, 5.74) is 0. The Morgan fingerprint density at radius 2 is 1.92 bits per heavy atom. The fraction of sp³-hybridized carbons (Fsp3) is 0.900. The Morgan fingerprint density at radius 1 is 1.25 bits per heavy atom. The number of rotatable bonds is 0. The first-order chi connectivity index (χ1) is 5.61. The molecule has 0 N–H and O–H groups in total. The second-order valence-electron chi connectivity index (χ2n) is 4.86. The highest BCUT2D eigenvalue weighted by molar-refractivity contribution is 5.87. The fourth-order valence-electron chi connectivity index (χ4n) is 2.86. The van der Waals surface area contributed by atoms with Crippen LogP contribution in [0.1, 0.15) is 25.7 Å². The van der Waals surface area contributed by atoms with Gasteiger partial charge in [0, 0.05) is 6.42 Å². The number of hydrogen-bond acceptors (Lipinski definition) is 1. The van der Waals surface area contributed by atoms with Crippen molar-refractivity contribution in [2.75, 3.05) is 20.6 Å². The summed E-state index contributed by atoms with van der Waals surface area (Å²) >= 11 is 0. The molecule has 0 radical (unpaired) electrons. The van der Waals surface area contributed by atoms with Crippen molar-refractivity contribution in [2.45, 2.75) is 31.7 Å². The van der Waals surface area contributed by atoms with E-state index in [2.05, 4.69) is 14.1 Å². The molecule has 2 atom stereocenters. The summed E-state index contributed by atoms with van der Waals surface area (Å²) in [5, 5.41) is 0. The smallest absolute Gasteiger partial charge is 0.198 e. The largest absolute Gasteiger partial charge is 0.319 e. The second-order valence-corrected chi connectivity index (χ2v) is 4.86. The number of carbonyl (C=O) groups excluding carboxylic acids is 1. The van der Waals surface area contributed by atoms with Crippen molar-refractivity contribution in [3.8, 4) is 0 Å². The molecule has 68 valence electrons. The number of Topliss-reactive ketones (excluding diaryl/α,β-unsaturated/α-hetero) is 1. The minimum Gasteiger partial charge on any atom is -0.319 e. The van der Waals surface area contributed by atoms with E-state index < -0.39 is 0 Å². The van der Waals surface area contributed by atoms with Crippen LogP contribution in [-0.2, 0) is 4.79 Å². The Morgan fingerprint density at radius 3 is 2.67 bits per heavy atom. The number of likely N-dealkylation sites (N-methyl/N-ethyl adjacent to an activating group) is 1. The maximum atomic E-state index is 11.8. The Hall–Kier alpha value is -0.370. The molecule has 0 spiro atoms. The van der Waals surface area contributed by atoms with Gasteiger partial charge in [0.2, 0.25) is 0 Å². The summed E-state index contributed by atoms with van der Waals surface area (Å²) in [6.45, 7) is 1.09. The third kappa shape index (κ3) is 1.09. The Labute approximate surface area is 74.1 Å². The summed E-state index contributed by atoms with van der Waals surface area (Å²) in [7, 11) is 4.40. The maximum absolute atomic E-state index is 11.8. The monoisotopic (exact) mass is 168 g/mol. The molecule has 0 unspecified atom stereocenters. The average molecular weight is 168 g/mol. The van der Waals surface area contributed by atoms with Gasteiger partial charge in [-0.1, -0.05) is 6.42 Å². The molecule has 1 aliphatic heterocycles. The van der Waals surface area contributed by atoms with E-state index in [4.69, 9.17) is 0 Å². The van der Waals surface area contributed by atoms with E-state index in [1.807, 2.05) is 0 Å². The van der Waals surface area contributed by atoms with Gasteiger partial charge in [0.05, 0.1) is 26.6 Å². The molecule has 2 bridgehead atoms. The van der Waals surface area contributed by atoms with E-state index in [0.717, 1.165) is 23.9 Å². The van der Waals surface area contributed by atoms with Gasteiger partial charge in [0.25, 0.3) is 0 Å². The topological polar surface area (TPSA) is 17.1 Å². The third-order valence-corrected chi connectivity index (χ3v) is 3.55. The van der Waals surface area contributed by atoms with Gasteiger partial charge in [-0.3, -0.25) is 4.79 Å². The van der Waals surface area contributed by atoms with Gasteiger partial charge in [-0.15, -0.1) is 0 Å². The minimum atomic E-state index is 0.331. The van der Waals surface area contributed by atoms with E-state index in [-0.39, 0.29) is 0 Å². The van der Waals surface area contributed by atoms with Crippen LogP contribution in [0.25, 0.3) is 0 Å². The van der Waals surface area contributed by atoms with Gasteiger partial charge >= 0.3 is 0 Å². The average Bonchev–Trinajstić information content (AvgIpc) is 2.17. The molecule has 1 heterocycles. The first kappa shape index (κ1) is 8.24. The first-order valence-electron chi connectivity index (χ1n) is 4.98. The minimum absolute atomic E-state index is 0.331. The van der Waals surface area contributed by atoms with Gasteiger partial charge in [0.1, 0.15) is 6.04 Å². The van der Waals surface area contributed by atoms with Crippen LogP contribution in [0.4, 0.5) is 0 Å². The van der Waals surface area contributed by atoms with Crippen molar-refractivity contribution in [1.29, 1.82) is 0 Å². The lowest BCUT2D eigenvalue weighted by atomic mass is 10.0. The second kappa shape index (κ2) is 2.56. The van der Waals surface area contributed by atoms with Crippen LogP contribution in [0.2, 0.25) is 0 Å². The summed E-state index contributed by atoms with van der Waals surface area (Å²) in [6, 6.07) is 0.331. The van der Waals surface area contributed by atoms with Crippen LogP contribution in [0.15, 0.2) is 0 Å². The zero-order chi connectivity index (χ0) is 8.77. The molecule has 2 fully saturated rings. The third-order valence-electron chi connectivity index (χ3n) is 3.55. The lowest BCUT2D eigenvalue weighted by Crippen LogP contribution is -2.46. The van der Waals surface area contributed by atoms with Crippen LogP contribution in [0.3, 0.4) is 0 Å². The van der Waals surface area contributed by atoms with Crippen molar-refractivity contribution < 1.29 is 9.28 Å². The quantitative estimate of drug-likeness (QED) is 0.497. The molecule has 1 saturated heterocycles. The molecule has 0 amide bonds. The summed E-state index contributed by atoms with van der Waals surface area (Å²) in [6.07, 6.45) is 4.81. The molecule has 1 aliphatic carbocycles. The predicted octanol–water partition coefficient (Wildman–Crippen LogP) is 1.20. The molecule has 0 aromatic carbocycles. The van der Waals surface area contributed by atoms with Crippen molar-refractivity contribution in [1.82, 2.24) is 0 Å². The normalized spacial score (nSPS) is 39.7. The highest BCUT2D eigenvalue weighted by atomic mass is 16.1. The lowest BCUT2D eigenvalue weighted by Gasteiger charge is -2.31. The van der Waals surface area contributed by atoms with E-state index in [0.29, 0.717) is 17.7 Å². The van der Waals surface area contributed by atoms with Crippen LogP contribution in [0.5, 0.6) is 0 Å². The maximum Gasteiger partial charge on any atom is 0.198 e. The van der Waals surface area contributed by atoms with E-state index >= 15 is 0 Å². The summed E-state index contributed by atoms with van der Waals surface area (Å²) in [5.74, 6) is 0.949. The Bertz CT molecular complexity index is 210. The molecule has 2 aliphatic rings. The predicted molar refractivity (Wildman–Crippen MR) is 47.7 cm³/mol. The number of carbonyl (C=O) groups is 1. The zero-order valence-electron chi connectivity index (χ0n) is 8.05. The van der Waals surface area contributed by atoms with Gasteiger partial charge in [-0.05, 0) is 12.8 Å². The highest BCUT2D eigenvalue weighted by Gasteiger charge is 2.48. The van der Waals surface area contributed by atoms with Crippen molar-refractivity contribution in [2.24, 2.45) is 5.92 Å². The molecule has 12 heavy (non-hydrogen) atoms. The molecule has 0 aromatic rings. The van der Waals surface area contributed by atoms with Crippen LogP contribution in [0, 0.1) is 5.92 Å². The van der Waals surface area contributed by atoms with Crippen molar-refractivity contribution in [3.63, 3.8) is 0 Å². The molecule has 2 nitrogen and oxygen atoms in total. The van der Waals surface area contributed by atoms with E-state index in [1.165, 1.54) is 12.8 Å². The molecular formula is C10H18NO+. The Balaban J connectivity index is 2.26. The van der Waals surface area contributed by atoms with Crippen molar-refractivity contribution >= 4 is 5.78 Å². The van der Waals surface area contributed by atoms with Crippen LogP contribution in [-0.4, -0.2) is 36.9 Å². The first-order valence-corrected chi connectivity index (χ1v) is 4.98. The number of likely N-dealkylation sites (tertiary alicyclic amines) is 1. The standard InChI is InChI=1S/C10H18NO/c1-11(2)7-8-5-3-4-6-9(11)10(8)12/h8-9H,3-7H2,1-2H3/q+1/t8-,9+/m1/s1. The molecule has 2 heteroatoms. The van der Waals surface area contributed by atoms with Crippen LogP contribution < -0.4 is 0 Å². The van der Waals surface area contributed by atoms with Crippen molar-refractivity contribution in [3.05, 3.63) is 0 Å². The lowest BCUT2D eigenvalue weighted by molar-refractivity contribution is -0.899. The number of hydrogen-bond donors (Lipinski definition) is 0. The highest BCUT2D eigenvalue weighted by Crippen LogP contribution is 2.34. The molecule has 1 saturated carbocycles.